The number of halogens is 1. The van der Waals surface area contributed by atoms with Gasteiger partial charge in [0, 0.05) is 23.7 Å². The summed E-state index contributed by atoms with van der Waals surface area (Å²) in [5.41, 5.74) is 1.41. The molecule has 1 aliphatic heterocycles. The van der Waals surface area contributed by atoms with Gasteiger partial charge in [-0.15, -0.1) is 0 Å². The summed E-state index contributed by atoms with van der Waals surface area (Å²) in [7, 11) is 0. The molecule has 3 rings (SSSR count). The lowest BCUT2D eigenvalue weighted by Gasteiger charge is -2.15. The number of carbonyl (C=O) groups excluding carboxylic acids is 2. The van der Waals surface area contributed by atoms with Gasteiger partial charge in [-0.2, -0.15) is 0 Å². The number of nitrogens with zero attached hydrogens (tertiary/aromatic N) is 2. The first-order chi connectivity index (χ1) is 13.1. The van der Waals surface area contributed by atoms with Gasteiger partial charge in [-0.1, -0.05) is 54.6 Å². The molecule has 27 heavy (non-hydrogen) atoms. The summed E-state index contributed by atoms with van der Waals surface area (Å²) in [6, 6.07) is 16.4. The number of aliphatic imine (C=N–C) groups is 1. The molecule has 0 spiro atoms. The van der Waals surface area contributed by atoms with Crippen molar-refractivity contribution in [3.8, 4) is 0 Å². The topological polar surface area (TPSA) is 61.8 Å². The Balaban J connectivity index is 1.71. The predicted octanol–water partition coefficient (Wildman–Crippen LogP) is 4.71. The second kappa shape index (κ2) is 9.06. The van der Waals surface area contributed by atoms with Crippen LogP contribution in [0.15, 0.2) is 59.6 Å². The third-order valence-corrected chi connectivity index (χ3v) is 5.34. The van der Waals surface area contributed by atoms with Crippen LogP contribution in [0.4, 0.5) is 11.4 Å². The van der Waals surface area contributed by atoms with E-state index < -0.39 is 5.25 Å². The van der Waals surface area contributed by atoms with Crippen LogP contribution >= 0.6 is 23.4 Å². The number of thioether (sulfide) groups is 1. The molecule has 1 N–H and O–H groups in total. The molecule has 7 heteroatoms. The highest BCUT2D eigenvalue weighted by Crippen LogP contribution is 2.32. The molecule has 1 heterocycles. The summed E-state index contributed by atoms with van der Waals surface area (Å²) in [6.45, 7) is 2.60. The molecule has 1 saturated heterocycles. The third-order valence-electron chi connectivity index (χ3n) is 3.93. The molecule has 1 unspecified atom stereocenters. The van der Waals surface area contributed by atoms with E-state index in [4.69, 9.17) is 11.6 Å². The van der Waals surface area contributed by atoms with E-state index in [1.165, 1.54) is 11.8 Å². The van der Waals surface area contributed by atoms with Crippen molar-refractivity contribution in [2.75, 3.05) is 11.9 Å². The van der Waals surface area contributed by atoms with Crippen molar-refractivity contribution in [2.45, 2.75) is 25.0 Å². The second-order valence-corrected chi connectivity index (χ2v) is 7.70. The lowest BCUT2D eigenvalue weighted by molar-refractivity contribution is -0.128. The van der Waals surface area contributed by atoms with Crippen LogP contribution in [0.2, 0.25) is 5.02 Å². The molecule has 1 aliphatic rings. The van der Waals surface area contributed by atoms with Crippen LogP contribution in [0.5, 0.6) is 0 Å². The smallest absolute Gasteiger partial charge is 0.242 e. The Morgan fingerprint density at radius 3 is 2.70 bits per heavy atom. The molecule has 2 aromatic carbocycles. The summed E-state index contributed by atoms with van der Waals surface area (Å²) >= 11 is 7.28. The number of hydrogen-bond acceptors (Lipinski definition) is 4. The molecule has 1 fully saturated rings. The maximum Gasteiger partial charge on any atom is 0.242 e. The molecule has 2 aromatic rings. The average molecular weight is 402 g/mol. The van der Waals surface area contributed by atoms with Gasteiger partial charge in [0.15, 0.2) is 5.17 Å². The highest BCUT2D eigenvalue weighted by atomic mass is 35.5. The number of amidine groups is 1. The summed E-state index contributed by atoms with van der Waals surface area (Å²) in [6.07, 6.45) is 0.908. The van der Waals surface area contributed by atoms with Crippen LogP contribution in [-0.2, 0) is 9.59 Å². The SMILES string of the molecule is CCCN1C(=O)C(CC(=O)Nc2cccc(Cl)c2)SC1=Nc1ccccc1. The first-order valence-electron chi connectivity index (χ1n) is 8.74. The monoisotopic (exact) mass is 401 g/mol. The van der Waals surface area contributed by atoms with Crippen LogP contribution < -0.4 is 5.32 Å². The van der Waals surface area contributed by atoms with Crippen molar-refractivity contribution in [3.63, 3.8) is 0 Å². The minimum absolute atomic E-state index is 0.0715. The fraction of sp³-hybridized carbons (Fsp3) is 0.250. The van der Waals surface area contributed by atoms with Gasteiger partial charge in [0.25, 0.3) is 0 Å². The minimum atomic E-state index is -0.474. The predicted molar refractivity (Wildman–Crippen MR) is 112 cm³/mol. The molecule has 0 radical (unpaired) electrons. The third kappa shape index (κ3) is 5.11. The summed E-state index contributed by atoms with van der Waals surface area (Å²) in [5.74, 6) is -0.293. The van der Waals surface area contributed by atoms with Gasteiger partial charge in [0.1, 0.15) is 5.25 Å². The molecule has 1 atom stereocenters. The summed E-state index contributed by atoms with van der Waals surface area (Å²) in [5, 5.41) is 3.51. The first kappa shape index (κ1) is 19.5. The Morgan fingerprint density at radius 2 is 2.00 bits per heavy atom. The summed E-state index contributed by atoms with van der Waals surface area (Å²) in [4.78, 5) is 31.4. The molecule has 5 nitrogen and oxygen atoms in total. The average Bonchev–Trinajstić information content (AvgIpc) is 2.91. The van der Waals surface area contributed by atoms with Crippen LogP contribution in [-0.4, -0.2) is 33.7 Å². The van der Waals surface area contributed by atoms with E-state index in [9.17, 15) is 9.59 Å². The number of nitrogens with one attached hydrogen (secondary N) is 1. The molecule has 0 bridgehead atoms. The highest BCUT2D eigenvalue weighted by molar-refractivity contribution is 8.15. The van der Waals surface area contributed by atoms with Gasteiger partial charge in [-0.3, -0.25) is 14.5 Å². The van der Waals surface area contributed by atoms with Crippen LogP contribution in [0.1, 0.15) is 19.8 Å². The zero-order chi connectivity index (χ0) is 19.2. The van der Waals surface area contributed by atoms with E-state index in [1.54, 1.807) is 29.2 Å². The zero-order valence-corrected chi connectivity index (χ0v) is 16.5. The van der Waals surface area contributed by atoms with Gasteiger partial charge in [-0.05, 0) is 36.8 Å². The van der Waals surface area contributed by atoms with E-state index in [1.807, 2.05) is 37.3 Å². The van der Waals surface area contributed by atoms with E-state index >= 15 is 0 Å². The maximum absolute atomic E-state index is 12.8. The van der Waals surface area contributed by atoms with Gasteiger partial charge in [-0.25, -0.2) is 4.99 Å². The molecule has 0 saturated carbocycles. The minimum Gasteiger partial charge on any atom is -0.326 e. The number of anilines is 1. The molecule has 140 valence electrons. The van der Waals surface area contributed by atoms with Crippen LogP contribution in [0.3, 0.4) is 0 Å². The largest absolute Gasteiger partial charge is 0.326 e. The first-order valence-corrected chi connectivity index (χ1v) is 9.99. The van der Waals surface area contributed by atoms with E-state index in [0.717, 1.165) is 12.1 Å². The highest BCUT2D eigenvalue weighted by Gasteiger charge is 2.38. The van der Waals surface area contributed by atoms with Crippen LogP contribution in [0, 0.1) is 0 Å². The normalized spacial score (nSPS) is 18.1. The van der Waals surface area contributed by atoms with Crippen molar-refractivity contribution in [2.24, 2.45) is 4.99 Å². The molecule has 0 aromatic heterocycles. The molecular formula is C20H20ClN3O2S. The standard InChI is InChI=1S/C20H20ClN3O2S/c1-2-11-24-19(26)17(27-20(24)23-15-8-4-3-5-9-15)13-18(25)22-16-10-6-7-14(21)12-16/h3-10,12,17H,2,11,13H2,1H3,(H,22,25). The Morgan fingerprint density at radius 1 is 1.22 bits per heavy atom. The van der Waals surface area contributed by atoms with Crippen molar-refractivity contribution < 1.29 is 9.59 Å². The lowest BCUT2D eigenvalue weighted by Crippen LogP contribution is -2.34. The number of carbonyl (C=O) groups is 2. The lowest BCUT2D eigenvalue weighted by atomic mass is 10.2. The number of benzene rings is 2. The van der Waals surface area contributed by atoms with Crippen LogP contribution in [0.25, 0.3) is 0 Å². The van der Waals surface area contributed by atoms with Crippen molar-refractivity contribution in [3.05, 3.63) is 59.6 Å². The second-order valence-electron chi connectivity index (χ2n) is 6.09. The van der Waals surface area contributed by atoms with Gasteiger partial charge in [0.05, 0.1) is 5.69 Å². The Labute approximate surface area is 167 Å². The van der Waals surface area contributed by atoms with Gasteiger partial charge >= 0.3 is 0 Å². The molecule has 0 aliphatic carbocycles. The zero-order valence-electron chi connectivity index (χ0n) is 14.9. The summed E-state index contributed by atoms with van der Waals surface area (Å²) < 4.78 is 0. The number of para-hydroxylation sites is 1. The number of amides is 2. The fourth-order valence-corrected chi connectivity index (χ4v) is 4.09. The quantitative estimate of drug-likeness (QED) is 0.762. The van der Waals surface area contributed by atoms with Gasteiger partial charge < -0.3 is 5.32 Å². The Hall–Kier alpha value is -2.31. The van der Waals surface area contributed by atoms with Crippen molar-refractivity contribution in [1.82, 2.24) is 4.90 Å². The Bertz CT molecular complexity index is 857. The van der Waals surface area contributed by atoms with E-state index in [-0.39, 0.29) is 18.2 Å². The number of rotatable bonds is 6. The molecular weight excluding hydrogens is 382 g/mol. The van der Waals surface area contributed by atoms with E-state index in [2.05, 4.69) is 10.3 Å². The van der Waals surface area contributed by atoms with E-state index in [0.29, 0.717) is 22.4 Å². The maximum atomic E-state index is 12.8. The van der Waals surface area contributed by atoms with Gasteiger partial charge in [0.2, 0.25) is 11.8 Å². The molecule has 2 amide bonds. The van der Waals surface area contributed by atoms with Crippen molar-refractivity contribution in [1.29, 1.82) is 0 Å². The fourth-order valence-electron chi connectivity index (χ4n) is 2.71. The number of hydrogen-bond donors (Lipinski definition) is 1. The Kier molecular flexibility index (Phi) is 6.53. The van der Waals surface area contributed by atoms with Crippen molar-refractivity contribution >= 4 is 51.7 Å².